The van der Waals surface area contributed by atoms with E-state index in [4.69, 9.17) is 0 Å². The first kappa shape index (κ1) is 18.0. The van der Waals surface area contributed by atoms with Crippen molar-refractivity contribution < 1.29 is 9.59 Å². The lowest BCUT2D eigenvalue weighted by Gasteiger charge is -2.15. The zero-order valence-corrected chi connectivity index (χ0v) is 15.5. The first-order chi connectivity index (χ1) is 13.7. The third-order valence-electron chi connectivity index (χ3n) is 4.83. The van der Waals surface area contributed by atoms with Crippen LogP contribution in [-0.2, 0) is 11.2 Å². The van der Waals surface area contributed by atoms with E-state index in [1.807, 2.05) is 41.4 Å². The zero-order chi connectivity index (χ0) is 19.3. The van der Waals surface area contributed by atoms with Crippen molar-refractivity contribution in [2.24, 2.45) is 0 Å². The Hall–Kier alpha value is -3.41. The van der Waals surface area contributed by atoms with Gasteiger partial charge in [-0.3, -0.25) is 9.59 Å². The Morgan fingerprint density at radius 3 is 2.39 bits per heavy atom. The van der Waals surface area contributed by atoms with Crippen LogP contribution in [0.5, 0.6) is 0 Å². The van der Waals surface area contributed by atoms with Gasteiger partial charge >= 0.3 is 0 Å². The molecule has 6 heteroatoms. The summed E-state index contributed by atoms with van der Waals surface area (Å²) in [5.41, 5.74) is 3.12. The number of nitrogens with one attached hydrogen (secondary N) is 1. The molecule has 0 spiro atoms. The van der Waals surface area contributed by atoms with Gasteiger partial charge in [0.2, 0.25) is 5.91 Å². The highest BCUT2D eigenvalue weighted by Crippen LogP contribution is 2.16. The lowest BCUT2D eigenvalue weighted by molar-refractivity contribution is -0.115. The Kier molecular flexibility index (Phi) is 5.19. The average Bonchev–Trinajstić information content (AvgIpc) is 3.41. The molecule has 0 bridgehead atoms. The molecule has 0 aliphatic carbocycles. The molecular formula is C22H22N4O2. The van der Waals surface area contributed by atoms with E-state index in [0.29, 0.717) is 11.3 Å². The van der Waals surface area contributed by atoms with Gasteiger partial charge in [0.05, 0.1) is 18.3 Å². The Morgan fingerprint density at radius 1 is 0.964 bits per heavy atom. The summed E-state index contributed by atoms with van der Waals surface area (Å²) in [5, 5.41) is 7.18. The molecule has 2 heterocycles. The number of hydrogen-bond donors (Lipinski definition) is 1. The van der Waals surface area contributed by atoms with Crippen LogP contribution >= 0.6 is 0 Å². The number of likely N-dealkylation sites (tertiary alicyclic amines) is 1. The van der Waals surface area contributed by atoms with Crippen LogP contribution in [0.25, 0.3) is 5.69 Å². The number of nitrogens with zero attached hydrogens (tertiary/aromatic N) is 3. The van der Waals surface area contributed by atoms with E-state index in [1.54, 1.807) is 35.1 Å². The molecule has 6 nitrogen and oxygen atoms in total. The van der Waals surface area contributed by atoms with E-state index >= 15 is 0 Å². The maximum atomic E-state index is 12.4. The normalized spacial score (nSPS) is 13.5. The molecular weight excluding hydrogens is 352 g/mol. The molecule has 4 rings (SSSR count). The number of carbonyl (C=O) groups is 2. The first-order valence-electron chi connectivity index (χ1n) is 9.47. The summed E-state index contributed by atoms with van der Waals surface area (Å²) in [5.74, 6) is -0.0602. The van der Waals surface area contributed by atoms with Gasteiger partial charge in [0.25, 0.3) is 5.91 Å². The smallest absolute Gasteiger partial charge is 0.253 e. The largest absolute Gasteiger partial charge is 0.339 e. The lowest BCUT2D eigenvalue weighted by Crippen LogP contribution is -2.27. The van der Waals surface area contributed by atoms with Crippen molar-refractivity contribution in [3.05, 3.63) is 78.1 Å². The van der Waals surface area contributed by atoms with Gasteiger partial charge in [-0.1, -0.05) is 18.2 Å². The van der Waals surface area contributed by atoms with E-state index in [-0.39, 0.29) is 18.2 Å². The predicted octanol–water partition coefficient (Wildman–Crippen LogP) is 3.29. The summed E-state index contributed by atoms with van der Waals surface area (Å²) in [6.07, 6.45) is 5.93. The number of carbonyl (C=O) groups excluding carboxylic acids is 2. The average molecular weight is 374 g/mol. The van der Waals surface area contributed by atoms with Crippen LogP contribution in [0, 0.1) is 0 Å². The Morgan fingerprint density at radius 2 is 1.68 bits per heavy atom. The maximum Gasteiger partial charge on any atom is 0.253 e. The molecule has 0 radical (unpaired) electrons. The van der Waals surface area contributed by atoms with E-state index < -0.39 is 0 Å². The second-order valence-corrected chi connectivity index (χ2v) is 6.93. The number of rotatable bonds is 5. The summed E-state index contributed by atoms with van der Waals surface area (Å²) >= 11 is 0. The van der Waals surface area contributed by atoms with Crippen LogP contribution in [0.4, 0.5) is 5.69 Å². The van der Waals surface area contributed by atoms with Crippen molar-refractivity contribution in [2.75, 3.05) is 18.4 Å². The molecule has 0 saturated carbocycles. The van der Waals surface area contributed by atoms with Crippen molar-refractivity contribution >= 4 is 17.5 Å². The maximum absolute atomic E-state index is 12.4. The summed E-state index contributed by atoms with van der Waals surface area (Å²) in [6, 6.07) is 16.8. The molecule has 2 amide bonds. The molecule has 142 valence electrons. The fourth-order valence-corrected chi connectivity index (χ4v) is 3.36. The van der Waals surface area contributed by atoms with E-state index in [0.717, 1.165) is 37.2 Å². The van der Waals surface area contributed by atoms with Crippen LogP contribution in [0.2, 0.25) is 0 Å². The molecule has 1 aromatic heterocycles. The van der Waals surface area contributed by atoms with E-state index in [2.05, 4.69) is 10.4 Å². The quantitative estimate of drug-likeness (QED) is 0.745. The number of aromatic nitrogens is 2. The van der Waals surface area contributed by atoms with Crippen molar-refractivity contribution in [3.63, 3.8) is 0 Å². The van der Waals surface area contributed by atoms with Crippen molar-refractivity contribution in [3.8, 4) is 5.69 Å². The summed E-state index contributed by atoms with van der Waals surface area (Å²) < 4.78 is 1.75. The van der Waals surface area contributed by atoms with E-state index in [1.165, 1.54) is 0 Å². The zero-order valence-electron chi connectivity index (χ0n) is 15.5. The molecule has 1 fully saturated rings. The van der Waals surface area contributed by atoms with Gasteiger partial charge in [-0.15, -0.1) is 0 Å². The van der Waals surface area contributed by atoms with Gasteiger partial charge in [-0.05, 0) is 54.8 Å². The topological polar surface area (TPSA) is 67.2 Å². The predicted molar refractivity (Wildman–Crippen MR) is 107 cm³/mol. The first-order valence-corrected chi connectivity index (χ1v) is 9.47. The van der Waals surface area contributed by atoms with Crippen LogP contribution in [0.15, 0.2) is 67.0 Å². The fraction of sp³-hybridized carbons (Fsp3) is 0.227. The van der Waals surface area contributed by atoms with Gasteiger partial charge in [-0.25, -0.2) is 4.68 Å². The van der Waals surface area contributed by atoms with Crippen LogP contribution in [0.3, 0.4) is 0 Å². The molecule has 0 atom stereocenters. The molecule has 1 saturated heterocycles. The highest BCUT2D eigenvalue weighted by Gasteiger charge is 2.19. The number of benzene rings is 2. The molecule has 2 aromatic carbocycles. The Balaban J connectivity index is 1.35. The third-order valence-corrected chi connectivity index (χ3v) is 4.83. The number of anilines is 1. The minimum absolute atomic E-state index is 0.0590. The lowest BCUT2D eigenvalue weighted by atomic mass is 10.1. The number of hydrogen-bond acceptors (Lipinski definition) is 3. The Labute approximate surface area is 163 Å². The number of para-hydroxylation sites is 1. The minimum Gasteiger partial charge on any atom is -0.339 e. The minimum atomic E-state index is -0.119. The molecule has 28 heavy (non-hydrogen) atoms. The molecule has 1 aliphatic rings. The highest BCUT2D eigenvalue weighted by atomic mass is 16.2. The van der Waals surface area contributed by atoms with Gasteiger partial charge in [0.15, 0.2) is 0 Å². The molecule has 3 aromatic rings. The molecule has 1 aliphatic heterocycles. The summed E-state index contributed by atoms with van der Waals surface area (Å²) in [4.78, 5) is 26.6. The van der Waals surface area contributed by atoms with Crippen molar-refractivity contribution in [1.29, 1.82) is 0 Å². The summed E-state index contributed by atoms with van der Waals surface area (Å²) in [7, 11) is 0. The second kappa shape index (κ2) is 8.08. The van der Waals surface area contributed by atoms with Crippen LogP contribution in [-0.4, -0.2) is 39.6 Å². The van der Waals surface area contributed by atoms with Gasteiger partial charge < -0.3 is 10.2 Å². The van der Waals surface area contributed by atoms with Crippen LogP contribution < -0.4 is 5.32 Å². The molecule has 0 unspecified atom stereocenters. The van der Waals surface area contributed by atoms with Crippen LogP contribution in [0.1, 0.15) is 28.8 Å². The SMILES string of the molecule is O=C(Cc1cnn(-c2ccccc2)c1)Nc1ccc(C(=O)N2CCCC2)cc1. The highest BCUT2D eigenvalue weighted by molar-refractivity contribution is 5.96. The van der Waals surface area contributed by atoms with Gasteiger partial charge in [-0.2, -0.15) is 5.10 Å². The fourth-order valence-electron chi connectivity index (χ4n) is 3.36. The van der Waals surface area contributed by atoms with Crippen molar-refractivity contribution in [1.82, 2.24) is 14.7 Å². The molecule has 1 N–H and O–H groups in total. The van der Waals surface area contributed by atoms with Gasteiger partial charge in [0.1, 0.15) is 0 Å². The van der Waals surface area contributed by atoms with E-state index in [9.17, 15) is 9.59 Å². The van der Waals surface area contributed by atoms with Gasteiger partial charge in [0, 0.05) is 30.5 Å². The monoisotopic (exact) mass is 374 g/mol. The Bertz CT molecular complexity index is 958. The second-order valence-electron chi connectivity index (χ2n) is 6.93. The van der Waals surface area contributed by atoms with Crippen molar-refractivity contribution in [2.45, 2.75) is 19.3 Å². The number of amides is 2. The summed E-state index contributed by atoms with van der Waals surface area (Å²) in [6.45, 7) is 1.65. The third kappa shape index (κ3) is 4.11. The standard InChI is InChI=1S/C22H22N4O2/c27-21(14-17-15-23-26(16-17)20-6-2-1-3-7-20)24-19-10-8-18(9-11-19)22(28)25-12-4-5-13-25/h1-3,6-11,15-16H,4-5,12-14H2,(H,24,27).